The van der Waals surface area contributed by atoms with Crippen molar-refractivity contribution in [1.29, 1.82) is 0 Å². The molecule has 1 aromatic rings. The maximum absolute atomic E-state index is 11.8. The van der Waals surface area contributed by atoms with Crippen molar-refractivity contribution in [3.63, 3.8) is 0 Å². The molecule has 110 valence electrons. The van der Waals surface area contributed by atoms with Crippen molar-refractivity contribution in [1.82, 2.24) is 10.6 Å². The van der Waals surface area contributed by atoms with Crippen LogP contribution in [0.5, 0.6) is 5.75 Å². The van der Waals surface area contributed by atoms with Gasteiger partial charge in [-0.15, -0.1) is 0 Å². The zero-order chi connectivity index (χ0) is 14.4. The Morgan fingerprint density at radius 2 is 2.15 bits per heavy atom. The van der Waals surface area contributed by atoms with Crippen molar-refractivity contribution in [2.45, 2.75) is 13.3 Å². The molecule has 0 radical (unpaired) electrons. The number of piperidine rings is 1. The monoisotopic (exact) mass is 277 g/mol. The van der Waals surface area contributed by atoms with Crippen molar-refractivity contribution in [3.8, 4) is 5.75 Å². The molecule has 1 saturated heterocycles. The lowest BCUT2D eigenvalue weighted by Gasteiger charge is -2.29. The van der Waals surface area contributed by atoms with Gasteiger partial charge < -0.3 is 20.7 Å². The first kappa shape index (κ1) is 14.7. The summed E-state index contributed by atoms with van der Waals surface area (Å²) in [6, 6.07) is 7.15. The van der Waals surface area contributed by atoms with Crippen LogP contribution in [0, 0.1) is 11.8 Å². The number of anilines is 1. The van der Waals surface area contributed by atoms with Gasteiger partial charge in [-0.25, -0.2) is 4.79 Å². The van der Waals surface area contributed by atoms with Crippen LogP contribution in [0.1, 0.15) is 13.3 Å². The van der Waals surface area contributed by atoms with Crippen molar-refractivity contribution in [3.05, 3.63) is 24.3 Å². The second-order valence-corrected chi connectivity index (χ2v) is 5.29. The van der Waals surface area contributed by atoms with Crippen molar-refractivity contribution < 1.29 is 9.53 Å². The molecule has 2 amide bonds. The van der Waals surface area contributed by atoms with Crippen LogP contribution in [0.2, 0.25) is 0 Å². The molecular weight excluding hydrogens is 254 g/mol. The van der Waals surface area contributed by atoms with Crippen LogP contribution in [0.4, 0.5) is 10.5 Å². The lowest BCUT2D eigenvalue weighted by molar-refractivity contribution is 0.237. The van der Waals surface area contributed by atoms with E-state index < -0.39 is 0 Å². The van der Waals surface area contributed by atoms with Gasteiger partial charge in [0.05, 0.1) is 7.11 Å². The fourth-order valence-corrected chi connectivity index (χ4v) is 2.45. The molecule has 1 aliphatic rings. The van der Waals surface area contributed by atoms with Gasteiger partial charge in [-0.3, -0.25) is 0 Å². The van der Waals surface area contributed by atoms with Gasteiger partial charge in [0.1, 0.15) is 5.75 Å². The Morgan fingerprint density at radius 1 is 1.40 bits per heavy atom. The fourth-order valence-electron chi connectivity index (χ4n) is 2.45. The van der Waals surface area contributed by atoms with Gasteiger partial charge in [-0.2, -0.15) is 0 Å². The average molecular weight is 277 g/mol. The molecule has 2 unspecified atom stereocenters. The smallest absolute Gasteiger partial charge is 0.319 e. The summed E-state index contributed by atoms with van der Waals surface area (Å²) in [6.07, 6.45) is 1.12. The zero-order valence-electron chi connectivity index (χ0n) is 12.1. The molecule has 2 atom stereocenters. The minimum atomic E-state index is -0.152. The molecule has 0 saturated carbocycles. The van der Waals surface area contributed by atoms with E-state index in [9.17, 15) is 4.79 Å². The summed E-state index contributed by atoms with van der Waals surface area (Å²) in [7, 11) is 1.62. The molecular formula is C15H23N3O2. The molecule has 1 aliphatic heterocycles. The largest absolute Gasteiger partial charge is 0.497 e. The van der Waals surface area contributed by atoms with Gasteiger partial charge in [0.2, 0.25) is 0 Å². The maximum Gasteiger partial charge on any atom is 0.319 e. The Kier molecular flexibility index (Phi) is 5.24. The summed E-state index contributed by atoms with van der Waals surface area (Å²) in [5, 5.41) is 9.14. The van der Waals surface area contributed by atoms with Crippen molar-refractivity contribution >= 4 is 11.7 Å². The van der Waals surface area contributed by atoms with E-state index in [4.69, 9.17) is 4.74 Å². The average Bonchev–Trinajstić information content (AvgIpc) is 2.47. The third kappa shape index (κ3) is 4.13. The topological polar surface area (TPSA) is 62.4 Å². The lowest BCUT2D eigenvalue weighted by atomic mass is 9.88. The normalized spacial score (nSPS) is 22.1. The standard InChI is InChI=1S/C15H23N3O2/c1-11-9-16-8-7-12(11)10-17-15(19)18-13-3-5-14(20-2)6-4-13/h3-6,11-12,16H,7-10H2,1-2H3,(H2,17,18,19). The van der Waals surface area contributed by atoms with Crippen LogP contribution in [0.25, 0.3) is 0 Å². The Labute approximate surface area is 120 Å². The number of carbonyl (C=O) groups is 1. The number of benzene rings is 1. The molecule has 5 nitrogen and oxygen atoms in total. The number of carbonyl (C=O) groups excluding carboxylic acids is 1. The van der Waals surface area contributed by atoms with E-state index in [1.54, 1.807) is 7.11 Å². The lowest BCUT2D eigenvalue weighted by Crippen LogP contribution is -2.42. The maximum atomic E-state index is 11.8. The van der Waals surface area contributed by atoms with Crippen molar-refractivity contribution in [2.24, 2.45) is 11.8 Å². The molecule has 0 spiro atoms. The second-order valence-electron chi connectivity index (χ2n) is 5.29. The predicted octanol–water partition coefficient (Wildman–Crippen LogP) is 2.06. The highest BCUT2D eigenvalue weighted by molar-refractivity contribution is 5.89. The molecule has 1 heterocycles. The Morgan fingerprint density at radius 3 is 2.80 bits per heavy atom. The summed E-state index contributed by atoms with van der Waals surface area (Å²) >= 11 is 0. The van der Waals surface area contributed by atoms with E-state index in [1.165, 1.54) is 0 Å². The first-order chi connectivity index (χ1) is 9.69. The first-order valence-electron chi connectivity index (χ1n) is 7.08. The van der Waals surface area contributed by atoms with Gasteiger partial charge >= 0.3 is 6.03 Å². The molecule has 0 bridgehead atoms. The van der Waals surface area contributed by atoms with E-state index in [1.807, 2.05) is 24.3 Å². The van der Waals surface area contributed by atoms with Crippen LogP contribution in [-0.4, -0.2) is 32.8 Å². The summed E-state index contributed by atoms with van der Waals surface area (Å²) in [6.45, 7) is 5.02. The van der Waals surface area contributed by atoms with E-state index in [0.717, 1.165) is 37.5 Å². The first-order valence-corrected chi connectivity index (χ1v) is 7.08. The van der Waals surface area contributed by atoms with Crippen LogP contribution in [-0.2, 0) is 0 Å². The molecule has 20 heavy (non-hydrogen) atoms. The minimum absolute atomic E-state index is 0.152. The van der Waals surface area contributed by atoms with Crippen molar-refractivity contribution in [2.75, 3.05) is 32.1 Å². The number of methoxy groups -OCH3 is 1. The summed E-state index contributed by atoms with van der Waals surface area (Å²) in [4.78, 5) is 11.8. The summed E-state index contributed by atoms with van der Waals surface area (Å²) in [5.74, 6) is 1.93. The van der Waals surface area contributed by atoms with E-state index in [0.29, 0.717) is 11.8 Å². The number of urea groups is 1. The minimum Gasteiger partial charge on any atom is -0.497 e. The van der Waals surface area contributed by atoms with Gasteiger partial charge in [0.25, 0.3) is 0 Å². The number of hydrogen-bond donors (Lipinski definition) is 3. The quantitative estimate of drug-likeness (QED) is 0.789. The summed E-state index contributed by atoms with van der Waals surface area (Å²) in [5.41, 5.74) is 0.765. The summed E-state index contributed by atoms with van der Waals surface area (Å²) < 4.78 is 5.08. The van der Waals surface area contributed by atoms with Gasteiger partial charge in [0.15, 0.2) is 0 Å². The Bertz CT molecular complexity index is 433. The Hall–Kier alpha value is -1.75. The number of rotatable bonds is 4. The highest BCUT2D eigenvalue weighted by atomic mass is 16.5. The SMILES string of the molecule is COc1ccc(NC(=O)NCC2CCNCC2C)cc1. The van der Waals surface area contributed by atoms with Crippen LogP contribution in [0.15, 0.2) is 24.3 Å². The molecule has 5 heteroatoms. The van der Waals surface area contributed by atoms with E-state index in [2.05, 4.69) is 22.9 Å². The fraction of sp³-hybridized carbons (Fsp3) is 0.533. The van der Waals surface area contributed by atoms with Gasteiger partial charge in [-0.05, 0) is 55.6 Å². The predicted molar refractivity (Wildman–Crippen MR) is 80.2 cm³/mol. The Balaban J connectivity index is 1.76. The third-order valence-electron chi connectivity index (χ3n) is 3.84. The molecule has 2 rings (SSSR count). The van der Waals surface area contributed by atoms with Crippen LogP contribution < -0.4 is 20.7 Å². The van der Waals surface area contributed by atoms with Gasteiger partial charge in [0, 0.05) is 12.2 Å². The number of amides is 2. The highest BCUT2D eigenvalue weighted by Gasteiger charge is 2.21. The van der Waals surface area contributed by atoms with Crippen LogP contribution >= 0.6 is 0 Å². The number of hydrogen-bond acceptors (Lipinski definition) is 3. The second kappa shape index (κ2) is 7.14. The van der Waals surface area contributed by atoms with Gasteiger partial charge in [-0.1, -0.05) is 6.92 Å². The number of nitrogens with one attached hydrogen (secondary N) is 3. The molecule has 1 fully saturated rings. The molecule has 1 aromatic carbocycles. The molecule has 0 aromatic heterocycles. The van der Waals surface area contributed by atoms with E-state index in [-0.39, 0.29) is 6.03 Å². The molecule has 3 N–H and O–H groups in total. The number of ether oxygens (including phenoxy) is 1. The third-order valence-corrected chi connectivity index (χ3v) is 3.84. The molecule has 0 aliphatic carbocycles. The van der Waals surface area contributed by atoms with E-state index >= 15 is 0 Å². The highest BCUT2D eigenvalue weighted by Crippen LogP contribution is 2.18. The van der Waals surface area contributed by atoms with Crippen LogP contribution in [0.3, 0.4) is 0 Å². The zero-order valence-corrected chi connectivity index (χ0v) is 12.1.